The molecule has 5 heteroatoms. The lowest BCUT2D eigenvalue weighted by Crippen LogP contribution is -2.20. The first-order valence-corrected chi connectivity index (χ1v) is 8.46. The lowest BCUT2D eigenvalue weighted by atomic mass is 9.93. The summed E-state index contributed by atoms with van der Waals surface area (Å²) in [6.07, 6.45) is 3.50. The summed E-state index contributed by atoms with van der Waals surface area (Å²) in [6, 6.07) is 11.3. The highest BCUT2D eigenvalue weighted by molar-refractivity contribution is 6.29. The molecule has 4 rings (SSSR count). The number of pyridine rings is 2. The minimum atomic E-state index is -0.0482. The van der Waals surface area contributed by atoms with Crippen LogP contribution in [0.5, 0.6) is 5.75 Å². The first kappa shape index (κ1) is 16.3. The average Bonchev–Trinajstić information content (AvgIpc) is 2.64. The van der Waals surface area contributed by atoms with E-state index >= 15 is 0 Å². The molecule has 130 valence electrons. The highest BCUT2D eigenvalue weighted by Gasteiger charge is 2.21. The first-order chi connectivity index (χ1) is 12.6. The van der Waals surface area contributed by atoms with Crippen molar-refractivity contribution in [1.82, 2.24) is 9.55 Å². The number of aliphatic imine (C=N–C) groups is 1. The van der Waals surface area contributed by atoms with Gasteiger partial charge in [-0.25, -0.2) is 0 Å². The lowest BCUT2D eigenvalue weighted by molar-refractivity contribution is 0.414. The van der Waals surface area contributed by atoms with E-state index < -0.39 is 0 Å². The van der Waals surface area contributed by atoms with E-state index in [1.165, 1.54) is 0 Å². The first-order valence-electron chi connectivity index (χ1n) is 8.46. The van der Waals surface area contributed by atoms with E-state index in [1.54, 1.807) is 30.1 Å². The van der Waals surface area contributed by atoms with Gasteiger partial charge < -0.3 is 9.30 Å². The molecule has 1 aromatic carbocycles. The van der Waals surface area contributed by atoms with Gasteiger partial charge in [0, 0.05) is 47.1 Å². The SMILES string of the molecule is COc1cc2c(ccc(=O)n2Cc2cccnc2)cc1C1=C(C)N=C1C. The Morgan fingerprint density at radius 2 is 2.00 bits per heavy atom. The van der Waals surface area contributed by atoms with E-state index in [-0.39, 0.29) is 5.56 Å². The normalized spacial score (nSPS) is 13.6. The number of rotatable bonds is 4. The van der Waals surface area contributed by atoms with Crippen molar-refractivity contribution in [1.29, 1.82) is 0 Å². The zero-order valence-electron chi connectivity index (χ0n) is 15.0. The molecule has 0 N–H and O–H groups in total. The molecule has 2 aromatic heterocycles. The Bertz CT molecular complexity index is 1130. The largest absolute Gasteiger partial charge is 0.496 e. The Balaban J connectivity index is 1.90. The van der Waals surface area contributed by atoms with E-state index in [0.29, 0.717) is 6.54 Å². The predicted molar refractivity (Wildman–Crippen MR) is 104 cm³/mol. The Hall–Kier alpha value is -3.21. The molecule has 0 fully saturated rings. The number of hydrogen-bond acceptors (Lipinski definition) is 4. The third-order valence-corrected chi connectivity index (χ3v) is 4.70. The number of methoxy groups -OCH3 is 1. The van der Waals surface area contributed by atoms with Crippen molar-refractivity contribution in [3.05, 3.63) is 76.0 Å². The van der Waals surface area contributed by atoms with Gasteiger partial charge in [-0.1, -0.05) is 6.07 Å². The molecule has 3 heterocycles. The van der Waals surface area contributed by atoms with Gasteiger partial charge >= 0.3 is 0 Å². The van der Waals surface area contributed by atoms with Gasteiger partial charge in [0.25, 0.3) is 5.56 Å². The van der Waals surface area contributed by atoms with Gasteiger partial charge in [0.15, 0.2) is 0 Å². The van der Waals surface area contributed by atoms with Crippen LogP contribution in [0.15, 0.2) is 64.3 Å². The van der Waals surface area contributed by atoms with Gasteiger partial charge in [-0.3, -0.25) is 14.8 Å². The number of allylic oxidation sites excluding steroid dienone is 2. The molecule has 0 bridgehead atoms. The standard InChI is InChI=1S/C21H19N3O2/c1-13-21(14(2)23-13)17-9-16-6-7-20(25)24(18(16)10-19(17)26-3)12-15-5-4-8-22-11-15/h4-11H,12H2,1-3H3. The van der Waals surface area contributed by atoms with E-state index in [9.17, 15) is 4.79 Å². The smallest absolute Gasteiger partial charge is 0.251 e. The molecular formula is C21H19N3O2. The van der Waals surface area contributed by atoms with Crippen molar-refractivity contribution in [3.8, 4) is 5.75 Å². The molecule has 1 aliphatic heterocycles. The Morgan fingerprint density at radius 1 is 1.15 bits per heavy atom. The summed E-state index contributed by atoms with van der Waals surface area (Å²) < 4.78 is 7.39. The van der Waals surface area contributed by atoms with Gasteiger partial charge in [-0.05, 0) is 43.0 Å². The summed E-state index contributed by atoms with van der Waals surface area (Å²) in [5.74, 6) is 0.742. The Kier molecular flexibility index (Phi) is 3.92. The molecule has 0 aliphatic carbocycles. The molecule has 5 nitrogen and oxygen atoms in total. The summed E-state index contributed by atoms with van der Waals surface area (Å²) >= 11 is 0. The van der Waals surface area contributed by atoms with Crippen LogP contribution in [-0.2, 0) is 6.54 Å². The molecule has 0 amide bonds. The van der Waals surface area contributed by atoms with Crippen molar-refractivity contribution in [2.24, 2.45) is 4.99 Å². The van der Waals surface area contributed by atoms with Crippen molar-refractivity contribution in [2.45, 2.75) is 20.4 Å². The van der Waals surface area contributed by atoms with Crippen LogP contribution in [0.1, 0.15) is 25.0 Å². The maximum absolute atomic E-state index is 12.5. The number of ether oxygens (including phenoxy) is 1. The molecule has 0 saturated heterocycles. The van der Waals surface area contributed by atoms with E-state index in [4.69, 9.17) is 4.74 Å². The number of nitrogens with zero attached hydrogens (tertiary/aromatic N) is 3. The van der Waals surface area contributed by atoms with Gasteiger partial charge in [-0.2, -0.15) is 0 Å². The number of fused-ring (bicyclic) bond motifs is 1. The second-order valence-corrected chi connectivity index (χ2v) is 6.39. The minimum Gasteiger partial charge on any atom is -0.496 e. The van der Waals surface area contributed by atoms with Gasteiger partial charge in [0.1, 0.15) is 5.75 Å². The molecule has 0 unspecified atom stereocenters. The number of aromatic nitrogens is 2. The monoisotopic (exact) mass is 345 g/mol. The highest BCUT2D eigenvalue weighted by atomic mass is 16.5. The fourth-order valence-corrected chi connectivity index (χ4v) is 3.49. The fraction of sp³-hybridized carbons (Fsp3) is 0.190. The molecule has 0 spiro atoms. The van der Waals surface area contributed by atoms with E-state index in [2.05, 4.69) is 16.0 Å². The summed E-state index contributed by atoms with van der Waals surface area (Å²) in [5.41, 5.74) is 5.91. The van der Waals surface area contributed by atoms with Crippen molar-refractivity contribution in [2.75, 3.05) is 7.11 Å². The van der Waals surface area contributed by atoms with Crippen LogP contribution < -0.4 is 10.3 Å². The van der Waals surface area contributed by atoms with Crippen LogP contribution in [0.4, 0.5) is 0 Å². The molecule has 0 radical (unpaired) electrons. The topological polar surface area (TPSA) is 56.5 Å². The van der Waals surface area contributed by atoms with Crippen molar-refractivity contribution < 1.29 is 4.74 Å². The number of hydrogen-bond donors (Lipinski definition) is 0. The molecule has 26 heavy (non-hydrogen) atoms. The van der Waals surface area contributed by atoms with Crippen LogP contribution in [0.2, 0.25) is 0 Å². The Labute approximate surface area is 151 Å². The van der Waals surface area contributed by atoms with Crippen LogP contribution in [0, 0.1) is 0 Å². The van der Waals surface area contributed by atoms with Gasteiger partial charge in [-0.15, -0.1) is 0 Å². The van der Waals surface area contributed by atoms with Crippen molar-refractivity contribution >= 4 is 22.2 Å². The zero-order chi connectivity index (χ0) is 18.3. The maximum atomic E-state index is 12.5. The second-order valence-electron chi connectivity index (χ2n) is 6.39. The highest BCUT2D eigenvalue weighted by Crippen LogP contribution is 2.37. The molecule has 3 aromatic rings. The molecule has 1 aliphatic rings. The van der Waals surface area contributed by atoms with Crippen molar-refractivity contribution in [3.63, 3.8) is 0 Å². The van der Waals surface area contributed by atoms with Gasteiger partial charge in [0.2, 0.25) is 0 Å². The summed E-state index contributed by atoms with van der Waals surface area (Å²) in [7, 11) is 1.65. The molecule has 0 atom stereocenters. The van der Waals surface area contributed by atoms with E-state index in [0.717, 1.165) is 44.8 Å². The van der Waals surface area contributed by atoms with Crippen LogP contribution in [0.3, 0.4) is 0 Å². The Morgan fingerprint density at radius 3 is 2.65 bits per heavy atom. The second kappa shape index (κ2) is 6.26. The minimum absolute atomic E-state index is 0.0482. The molecule has 0 saturated carbocycles. The summed E-state index contributed by atoms with van der Waals surface area (Å²) in [5, 5.41) is 0.990. The summed E-state index contributed by atoms with van der Waals surface area (Å²) in [4.78, 5) is 21.0. The maximum Gasteiger partial charge on any atom is 0.251 e. The fourth-order valence-electron chi connectivity index (χ4n) is 3.49. The average molecular weight is 345 g/mol. The predicted octanol–water partition coefficient (Wildman–Crippen LogP) is 3.66. The third-order valence-electron chi connectivity index (χ3n) is 4.70. The quantitative estimate of drug-likeness (QED) is 0.725. The van der Waals surface area contributed by atoms with Crippen LogP contribution >= 0.6 is 0 Å². The zero-order valence-corrected chi connectivity index (χ0v) is 15.0. The lowest BCUT2D eigenvalue weighted by Gasteiger charge is -2.21. The van der Waals surface area contributed by atoms with Gasteiger partial charge in [0.05, 0.1) is 19.2 Å². The number of benzene rings is 1. The summed E-state index contributed by atoms with van der Waals surface area (Å²) in [6.45, 7) is 4.46. The molecular weight excluding hydrogens is 326 g/mol. The third kappa shape index (κ3) is 2.62. The van der Waals surface area contributed by atoms with Crippen LogP contribution in [-0.4, -0.2) is 22.4 Å². The van der Waals surface area contributed by atoms with Crippen LogP contribution in [0.25, 0.3) is 16.5 Å². The van der Waals surface area contributed by atoms with E-state index in [1.807, 2.05) is 38.1 Å².